The lowest BCUT2D eigenvalue weighted by molar-refractivity contribution is 0.224. The van der Waals surface area contributed by atoms with Crippen LogP contribution < -0.4 is 4.74 Å². The van der Waals surface area contributed by atoms with Gasteiger partial charge >= 0.3 is 0 Å². The maximum atomic E-state index is 10.1. The van der Waals surface area contributed by atoms with Crippen molar-refractivity contribution in [1.82, 2.24) is 0 Å². The number of ether oxygens (including phenoxy) is 1. The maximum absolute atomic E-state index is 10.1. The minimum absolute atomic E-state index is 0.524. The normalized spacial score (nSPS) is 12.7. The van der Waals surface area contributed by atoms with Crippen LogP contribution in [0.4, 0.5) is 0 Å². The van der Waals surface area contributed by atoms with E-state index in [2.05, 4.69) is 0 Å². The molecule has 2 aromatic rings. The average Bonchev–Trinajstić information content (AvgIpc) is 2.84. The summed E-state index contributed by atoms with van der Waals surface area (Å²) in [6.07, 6.45) is -0.524. The first-order chi connectivity index (χ1) is 7.20. The van der Waals surface area contributed by atoms with E-state index in [9.17, 15) is 5.11 Å². The molecule has 0 radical (unpaired) electrons. The van der Waals surface area contributed by atoms with Crippen molar-refractivity contribution in [2.24, 2.45) is 0 Å². The number of rotatable bonds is 3. The molecule has 0 aromatic carbocycles. The second kappa shape index (κ2) is 4.35. The zero-order chi connectivity index (χ0) is 10.8. The summed E-state index contributed by atoms with van der Waals surface area (Å²) in [6.45, 7) is 2.04. The summed E-state index contributed by atoms with van der Waals surface area (Å²) in [6, 6.07) is 3.89. The van der Waals surface area contributed by atoms with Gasteiger partial charge in [0.25, 0.3) is 0 Å². The minimum atomic E-state index is -0.524. The van der Waals surface area contributed by atoms with Crippen molar-refractivity contribution in [3.8, 4) is 5.75 Å². The summed E-state index contributed by atoms with van der Waals surface area (Å²) in [7, 11) is 1.63. The van der Waals surface area contributed by atoms with Gasteiger partial charge in [0, 0.05) is 15.1 Å². The number of aryl methyl sites for hydroxylation is 1. The highest BCUT2D eigenvalue weighted by Gasteiger charge is 2.14. The Morgan fingerprint density at radius 2 is 2.07 bits per heavy atom. The Bertz CT molecular complexity index is 445. The summed E-state index contributed by atoms with van der Waals surface area (Å²) >= 11 is 3.17. The number of aliphatic hydroxyl groups excluding tert-OH is 1. The highest BCUT2D eigenvalue weighted by molar-refractivity contribution is 7.10. The molecule has 0 aliphatic heterocycles. The van der Waals surface area contributed by atoms with Gasteiger partial charge in [-0.2, -0.15) is 0 Å². The van der Waals surface area contributed by atoms with Crippen LogP contribution in [-0.4, -0.2) is 12.2 Å². The quantitative estimate of drug-likeness (QED) is 0.892. The standard InChI is InChI=1S/C11H12O2S2/c1-7-3-8(5-14-7)11(12)10-4-9(13-2)6-15-10/h3-6,11-12H,1-2H3. The molecule has 0 bridgehead atoms. The molecular formula is C11H12O2S2. The monoisotopic (exact) mass is 240 g/mol. The largest absolute Gasteiger partial charge is 0.496 e. The van der Waals surface area contributed by atoms with E-state index >= 15 is 0 Å². The molecule has 1 N–H and O–H groups in total. The lowest BCUT2D eigenvalue weighted by Gasteiger charge is -2.04. The number of methoxy groups -OCH3 is 1. The number of thiophene rings is 2. The molecule has 0 spiro atoms. The van der Waals surface area contributed by atoms with E-state index in [-0.39, 0.29) is 0 Å². The van der Waals surface area contributed by atoms with Gasteiger partial charge in [0.15, 0.2) is 0 Å². The molecule has 0 aliphatic rings. The van der Waals surface area contributed by atoms with Crippen LogP contribution in [0.25, 0.3) is 0 Å². The average molecular weight is 240 g/mol. The van der Waals surface area contributed by atoms with E-state index in [0.29, 0.717) is 0 Å². The van der Waals surface area contributed by atoms with Gasteiger partial charge in [0.05, 0.1) is 7.11 Å². The third kappa shape index (κ3) is 2.22. The first kappa shape index (κ1) is 10.7. The highest BCUT2D eigenvalue weighted by Crippen LogP contribution is 2.32. The Morgan fingerprint density at radius 3 is 2.60 bits per heavy atom. The lowest BCUT2D eigenvalue weighted by Crippen LogP contribution is -1.94. The van der Waals surface area contributed by atoms with Crippen molar-refractivity contribution in [2.75, 3.05) is 7.11 Å². The van der Waals surface area contributed by atoms with Gasteiger partial charge in [0.1, 0.15) is 11.9 Å². The Morgan fingerprint density at radius 1 is 1.27 bits per heavy atom. The zero-order valence-electron chi connectivity index (χ0n) is 8.56. The van der Waals surface area contributed by atoms with Crippen molar-refractivity contribution < 1.29 is 9.84 Å². The second-order valence-electron chi connectivity index (χ2n) is 3.28. The molecule has 0 saturated heterocycles. The molecule has 1 atom stereocenters. The summed E-state index contributed by atoms with van der Waals surface area (Å²) in [5.41, 5.74) is 0.960. The third-order valence-electron chi connectivity index (χ3n) is 2.17. The number of hydrogen-bond acceptors (Lipinski definition) is 4. The van der Waals surface area contributed by atoms with Gasteiger partial charge in [-0.3, -0.25) is 0 Å². The molecule has 0 fully saturated rings. The Labute approximate surface area is 96.8 Å². The first-order valence-electron chi connectivity index (χ1n) is 4.56. The Kier molecular flexibility index (Phi) is 3.09. The summed E-state index contributed by atoms with van der Waals surface area (Å²) in [5, 5.41) is 14.0. The van der Waals surface area contributed by atoms with Crippen LogP contribution >= 0.6 is 22.7 Å². The first-order valence-corrected chi connectivity index (χ1v) is 6.32. The second-order valence-corrected chi connectivity index (χ2v) is 5.34. The molecule has 2 rings (SSSR count). The maximum Gasteiger partial charge on any atom is 0.129 e. The van der Waals surface area contributed by atoms with Crippen LogP contribution in [-0.2, 0) is 0 Å². The Hall–Kier alpha value is -0.840. The van der Waals surface area contributed by atoms with E-state index in [1.165, 1.54) is 16.2 Å². The molecule has 2 heterocycles. The third-order valence-corrected chi connectivity index (χ3v) is 4.01. The Balaban J connectivity index is 2.23. The van der Waals surface area contributed by atoms with E-state index in [1.54, 1.807) is 18.4 Å². The predicted octanol–water partition coefficient (Wildman–Crippen LogP) is 3.21. The van der Waals surface area contributed by atoms with Crippen LogP contribution in [0.3, 0.4) is 0 Å². The molecule has 2 nitrogen and oxygen atoms in total. The fourth-order valence-corrected chi connectivity index (χ4v) is 2.94. The van der Waals surface area contributed by atoms with E-state index in [1.807, 2.05) is 29.8 Å². The molecule has 80 valence electrons. The summed E-state index contributed by atoms with van der Waals surface area (Å²) in [5.74, 6) is 0.806. The number of hydrogen-bond donors (Lipinski definition) is 1. The number of aliphatic hydroxyl groups is 1. The predicted molar refractivity (Wildman–Crippen MR) is 64.0 cm³/mol. The van der Waals surface area contributed by atoms with E-state index in [0.717, 1.165) is 16.2 Å². The van der Waals surface area contributed by atoms with Gasteiger partial charge in [-0.1, -0.05) is 0 Å². The van der Waals surface area contributed by atoms with Gasteiger partial charge in [-0.15, -0.1) is 22.7 Å². The summed E-state index contributed by atoms with van der Waals surface area (Å²) in [4.78, 5) is 2.14. The molecule has 0 amide bonds. The fraction of sp³-hybridized carbons (Fsp3) is 0.273. The molecule has 15 heavy (non-hydrogen) atoms. The summed E-state index contributed by atoms with van der Waals surface area (Å²) < 4.78 is 5.09. The SMILES string of the molecule is COc1csc(C(O)c2csc(C)c2)c1. The van der Waals surface area contributed by atoms with Gasteiger partial charge in [-0.05, 0) is 30.0 Å². The van der Waals surface area contributed by atoms with Crippen LogP contribution in [0.15, 0.2) is 22.9 Å². The molecule has 4 heteroatoms. The molecule has 1 unspecified atom stereocenters. The van der Waals surface area contributed by atoms with Gasteiger partial charge in [-0.25, -0.2) is 0 Å². The molecular weight excluding hydrogens is 228 g/mol. The fourth-order valence-electron chi connectivity index (χ4n) is 1.36. The van der Waals surface area contributed by atoms with Crippen molar-refractivity contribution in [3.63, 3.8) is 0 Å². The topological polar surface area (TPSA) is 29.5 Å². The smallest absolute Gasteiger partial charge is 0.129 e. The molecule has 2 aromatic heterocycles. The molecule has 0 saturated carbocycles. The van der Waals surface area contributed by atoms with Crippen molar-refractivity contribution in [1.29, 1.82) is 0 Å². The highest BCUT2D eigenvalue weighted by atomic mass is 32.1. The van der Waals surface area contributed by atoms with Crippen LogP contribution in [0, 0.1) is 6.92 Å². The van der Waals surface area contributed by atoms with E-state index in [4.69, 9.17) is 4.74 Å². The van der Waals surface area contributed by atoms with Gasteiger partial charge < -0.3 is 9.84 Å². The van der Waals surface area contributed by atoms with Crippen molar-refractivity contribution in [2.45, 2.75) is 13.0 Å². The van der Waals surface area contributed by atoms with Crippen LogP contribution in [0.1, 0.15) is 21.4 Å². The minimum Gasteiger partial charge on any atom is -0.496 e. The zero-order valence-corrected chi connectivity index (χ0v) is 10.2. The van der Waals surface area contributed by atoms with Crippen LogP contribution in [0.2, 0.25) is 0 Å². The molecule has 0 aliphatic carbocycles. The van der Waals surface area contributed by atoms with Crippen LogP contribution in [0.5, 0.6) is 5.75 Å². The van der Waals surface area contributed by atoms with Gasteiger partial charge in [0.2, 0.25) is 0 Å². The van der Waals surface area contributed by atoms with E-state index < -0.39 is 6.10 Å². The van der Waals surface area contributed by atoms with Crippen molar-refractivity contribution >= 4 is 22.7 Å². The lowest BCUT2D eigenvalue weighted by atomic mass is 10.1. The van der Waals surface area contributed by atoms with Crippen molar-refractivity contribution in [3.05, 3.63) is 38.2 Å².